The van der Waals surface area contributed by atoms with Crippen molar-refractivity contribution in [1.82, 2.24) is 10.2 Å². The molecule has 2 atom stereocenters. The molecule has 3 aliphatic heterocycles. The molecule has 2 N–H and O–H groups in total. The Bertz CT molecular complexity index is 806. The summed E-state index contributed by atoms with van der Waals surface area (Å²) in [6.45, 7) is 1.65. The lowest BCUT2D eigenvalue weighted by atomic mass is 10.0. The highest BCUT2D eigenvalue weighted by Gasteiger charge is 2.45. The van der Waals surface area contributed by atoms with E-state index in [9.17, 15) is 19.5 Å². The molecule has 9 nitrogen and oxygen atoms in total. The highest BCUT2D eigenvalue weighted by molar-refractivity contribution is 6.22. The molecule has 3 heterocycles. The topological polar surface area (TPSA) is 114 Å². The fourth-order valence-corrected chi connectivity index (χ4v) is 3.90. The van der Waals surface area contributed by atoms with E-state index in [4.69, 9.17) is 14.2 Å². The van der Waals surface area contributed by atoms with E-state index in [1.807, 2.05) is 0 Å². The average molecular weight is 404 g/mol. The summed E-state index contributed by atoms with van der Waals surface area (Å²) in [6, 6.07) is 4.11. The van der Waals surface area contributed by atoms with E-state index < -0.39 is 24.1 Å². The summed E-state index contributed by atoms with van der Waals surface area (Å²) >= 11 is 0. The van der Waals surface area contributed by atoms with E-state index in [2.05, 4.69) is 5.32 Å². The SMILES string of the molecule is O=C1CCC(N2C(=O)c3cccc(OCCCCC4OCCO4)c3C2=O)C(O)N1. The Balaban J connectivity index is 1.40. The van der Waals surface area contributed by atoms with Crippen molar-refractivity contribution in [3.05, 3.63) is 29.3 Å². The van der Waals surface area contributed by atoms with E-state index in [0.717, 1.165) is 24.2 Å². The lowest BCUT2D eigenvalue weighted by Gasteiger charge is -2.33. The van der Waals surface area contributed by atoms with Gasteiger partial charge in [-0.05, 0) is 37.8 Å². The average Bonchev–Trinajstić information content (AvgIpc) is 3.30. The minimum absolute atomic E-state index is 0.146. The molecule has 4 rings (SSSR count). The van der Waals surface area contributed by atoms with Crippen LogP contribution in [0.3, 0.4) is 0 Å². The molecular weight excluding hydrogens is 380 g/mol. The van der Waals surface area contributed by atoms with Crippen molar-refractivity contribution in [2.45, 2.75) is 50.7 Å². The van der Waals surface area contributed by atoms with E-state index in [1.165, 1.54) is 0 Å². The predicted molar refractivity (Wildman–Crippen MR) is 99.2 cm³/mol. The molecule has 0 bridgehead atoms. The highest BCUT2D eigenvalue weighted by atomic mass is 16.7. The van der Waals surface area contributed by atoms with Crippen LogP contribution in [0.1, 0.15) is 52.8 Å². The number of ether oxygens (including phenoxy) is 3. The normalized spacial score (nSPS) is 24.7. The molecule has 9 heteroatoms. The maximum atomic E-state index is 13.0. The molecule has 2 saturated heterocycles. The summed E-state index contributed by atoms with van der Waals surface area (Å²) in [5.41, 5.74) is 0.466. The van der Waals surface area contributed by atoms with Gasteiger partial charge in [0.15, 0.2) is 6.29 Å². The Kier molecular flexibility index (Phi) is 5.79. The van der Waals surface area contributed by atoms with Crippen LogP contribution in [-0.2, 0) is 14.3 Å². The molecule has 29 heavy (non-hydrogen) atoms. The summed E-state index contributed by atoms with van der Waals surface area (Å²) in [5, 5.41) is 12.5. The Hall–Kier alpha value is -2.49. The van der Waals surface area contributed by atoms with Crippen LogP contribution in [-0.4, -0.2) is 66.1 Å². The minimum Gasteiger partial charge on any atom is -0.493 e. The number of unbranched alkanes of at least 4 members (excludes halogenated alkanes) is 1. The van der Waals surface area contributed by atoms with Crippen molar-refractivity contribution in [2.24, 2.45) is 0 Å². The summed E-state index contributed by atoms with van der Waals surface area (Å²) in [7, 11) is 0. The molecule has 1 aromatic carbocycles. The van der Waals surface area contributed by atoms with Gasteiger partial charge in [0, 0.05) is 6.42 Å². The van der Waals surface area contributed by atoms with Crippen LogP contribution in [0.4, 0.5) is 0 Å². The van der Waals surface area contributed by atoms with E-state index in [1.54, 1.807) is 18.2 Å². The zero-order chi connectivity index (χ0) is 20.4. The second-order valence-corrected chi connectivity index (χ2v) is 7.29. The second kappa shape index (κ2) is 8.48. The van der Waals surface area contributed by atoms with Crippen molar-refractivity contribution in [1.29, 1.82) is 0 Å². The van der Waals surface area contributed by atoms with Crippen molar-refractivity contribution < 1.29 is 33.7 Å². The first-order chi connectivity index (χ1) is 14.1. The van der Waals surface area contributed by atoms with E-state index in [0.29, 0.717) is 25.6 Å². The van der Waals surface area contributed by atoms with Crippen LogP contribution in [0.2, 0.25) is 0 Å². The first-order valence-corrected chi connectivity index (χ1v) is 9.90. The third kappa shape index (κ3) is 3.98. The smallest absolute Gasteiger partial charge is 0.265 e. The van der Waals surface area contributed by atoms with Crippen molar-refractivity contribution in [3.63, 3.8) is 0 Å². The number of piperidine rings is 1. The lowest BCUT2D eigenvalue weighted by Crippen LogP contribution is -2.57. The Morgan fingerprint density at radius 1 is 1.14 bits per heavy atom. The highest BCUT2D eigenvalue weighted by Crippen LogP contribution is 2.34. The number of imide groups is 1. The molecule has 3 amide bonds. The van der Waals surface area contributed by atoms with Crippen LogP contribution in [0.15, 0.2) is 18.2 Å². The predicted octanol–water partition coefficient (Wildman–Crippen LogP) is 0.802. The molecule has 3 aliphatic rings. The number of carbonyl (C=O) groups excluding carboxylic acids is 3. The summed E-state index contributed by atoms with van der Waals surface area (Å²) < 4.78 is 16.6. The zero-order valence-electron chi connectivity index (χ0n) is 16.0. The number of hydrogen-bond acceptors (Lipinski definition) is 7. The Morgan fingerprint density at radius 2 is 1.93 bits per heavy atom. The number of rotatable bonds is 7. The summed E-state index contributed by atoms with van der Waals surface area (Å²) in [4.78, 5) is 38.3. The number of aliphatic hydroxyl groups is 1. The quantitative estimate of drug-likeness (QED) is 0.510. The van der Waals surface area contributed by atoms with Crippen LogP contribution < -0.4 is 10.1 Å². The molecule has 2 unspecified atom stereocenters. The second-order valence-electron chi connectivity index (χ2n) is 7.29. The zero-order valence-corrected chi connectivity index (χ0v) is 16.0. The standard InChI is InChI=1S/C20H24N2O7/c23-15-8-7-13(18(24)21-15)22-19(25)12-4-3-5-14(17(12)20(22)26)27-9-2-1-6-16-28-10-11-29-16/h3-5,13,16,18,24H,1-2,6-11H2,(H,21,23). The van der Waals surface area contributed by atoms with Crippen LogP contribution in [0, 0.1) is 0 Å². The van der Waals surface area contributed by atoms with Gasteiger partial charge in [0.1, 0.15) is 12.0 Å². The molecule has 2 fully saturated rings. The van der Waals surface area contributed by atoms with Gasteiger partial charge in [-0.3, -0.25) is 19.3 Å². The van der Waals surface area contributed by atoms with Crippen LogP contribution in [0.5, 0.6) is 5.75 Å². The van der Waals surface area contributed by atoms with Crippen molar-refractivity contribution in [2.75, 3.05) is 19.8 Å². The summed E-state index contributed by atoms with van der Waals surface area (Å²) in [5.74, 6) is -0.937. The van der Waals surface area contributed by atoms with Gasteiger partial charge in [0.2, 0.25) is 5.91 Å². The number of amides is 3. The monoisotopic (exact) mass is 404 g/mol. The van der Waals surface area contributed by atoms with E-state index in [-0.39, 0.29) is 36.2 Å². The maximum absolute atomic E-state index is 13.0. The molecule has 1 aromatic rings. The van der Waals surface area contributed by atoms with Crippen molar-refractivity contribution >= 4 is 17.7 Å². The van der Waals surface area contributed by atoms with Crippen LogP contribution in [0.25, 0.3) is 0 Å². The van der Waals surface area contributed by atoms with Gasteiger partial charge in [-0.2, -0.15) is 0 Å². The Morgan fingerprint density at radius 3 is 2.69 bits per heavy atom. The molecule has 0 spiro atoms. The number of carbonyl (C=O) groups is 3. The first kappa shape index (κ1) is 19.8. The fourth-order valence-electron chi connectivity index (χ4n) is 3.90. The third-order valence-corrected chi connectivity index (χ3v) is 5.36. The number of nitrogens with zero attached hydrogens (tertiary/aromatic N) is 1. The number of fused-ring (bicyclic) bond motifs is 1. The van der Waals surface area contributed by atoms with Gasteiger partial charge in [0.25, 0.3) is 11.8 Å². The third-order valence-electron chi connectivity index (χ3n) is 5.36. The van der Waals surface area contributed by atoms with Gasteiger partial charge >= 0.3 is 0 Å². The van der Waals surface area contributed by atoms with Crippen LogP contribution >= 0.6 is 0 Å². The van der Waals surface area contributed by atoms with E-state index >= 15 is 0 Å². The lowest BCUT2D eigenvalue weighted by molar-refractivity contribution is -0.129. The molecule has 0 aliphatic carbocycles. The first-order valence-electron chi connectivity index (χ1n) is 9.90. The minimum atomic E-state index is -1.28. The Labute approximate surface area is 167 Å². The van der Waals surface area contributed by atoms with Gasteiger partial charge in [-0.1, -0.05) is 6.07 Å². The van der Waals surface area contributed by atoms with Crippen molar-refractivity contribution in [3.8, 4) is 5.75 Å². The molecule has 0 saturated carbocycles. The number of nitrogens with one attached hydrogen (secondary N) is 1. The van der Waals surface area contributed by atoms with Gasteiger partial charge in [-0.25, -0.2) is 0 Å². The number of aliphatic hydroxyl groups excluding tert-OH is 1. The van der Waals surface area contributed by atoms with Gasteiger partial charge in [0.05, 0.1) is 37.0 Å². The molecule has 0 aromatic heterocycles. The molecular formula is C20H24N2O7. The summed E-state index contributed by atoms with van der Waals surface area (Å²) in [6.07, 6.45) is 1.34. The number of benzene rings is 1. The molecule has 0 radical (unpaired) electrons. The number of hydrogen-bond donors (Lipinski definition) is 2. The fraction of sp³-hybridized carbons (Fsp3) is 0.550. The van der Waals surface area contributed by atoms with Gasteiger partial charge < -0.3 is 24.6 Å². The van der Waals surface area contributed by atoms with Gasteiger partial charge in [-0.15, -0.1) is 0 Å². The largest absolute Gasteiger partial charge is 0.493 e. The maximum Gasteiger partial charge on any atom is 0.265 e. The molecule has 156 valence electrons.